The maximum atomic E-state index is 12.8. The first-order valence-electron chi connectivity index (χ1n) is 8.37. The summed E-state index contributed by atoms with van der Waals surface area (Å²) < 4.78 is 9.64. The number of nitrogens with one attached hydrogen (secondary N) is 1. The lowest BCUT2D eigenvalue weighted by molar-refractivity contribution is 0.296. The Hall–Kier alpha value is -2.68. The Kier molecular flexibility index (Phi) is 4.46. The highest BCUT2D eigenvalue weighted by Gasteiger charge is 2.16. The van der Waals surface area contributed by atoms with Crippen molar-refractivity contribution in [3.63, 3.8) is 0 Å². The number of fused-ring (bicyclic) bond motifs is 3. The standard InChI is InChI=1S/C17H17BrN6O2/c1-2-3-8-23-15-14(19-10-20-15)16-21-13(22-24(16)17(23)25)9-26-12-6-4-11(18)5-7-12/h4-7,10H,2-3,8-9H2,1H3,(H,19,20). The number of imidazole rings is 1. The van der Waals surface area contributed by atoms with Gasteiger partial charge in [-0.1, -0.05) is 29.3 Å². The van der Waals surface area contributed by atoms with Crippen molar-refractivity contribution in [3.8, 4) is 5.75 Å². The molecule has 0 spiro atoms. The summed E-state index contributed by atoms with van der Waals surface area (Å²) in [5, 5.41) is 4.33. The molecule has 9 heteroatoms. The molecule has 0 saturated heterocycles. The summed E-state index contributed by atoms with van der Waals surface area (Å²) in [6, 6.07) is 7.50. The first-order chi connectivity index (χ1) is 12.7. The summed E-state index contributed by atoms with van der Waals surface area (Å²) in [6.07, 6.45) is 3.45. The molecule has 8 nitrogen and oxygen atoms in total. The minimum absolute atomic E-state index is 0.174. The first kappa shape index (κ1) is 16.8. The molecule has 0 unspecified atom stereocenters. The zero-order valence-electron chi connectivity index (χ0n) is 14.1. The molecule has 3 heterocycles. The van der Waals surface area contributed by atoms with Gasteiger partial charge < -0.3 is 9.72 Å². The summed E-state index contributed by atoms with van der Waals surface area (Å²) in [5.74, 6) is 1.15. The third-order valence-corrected chi connectivity index (χ3v) is 4.61. The number of benzene rings is 1. The SMILES string of the molecule is CCCCn1c(=O)n2nc(COc3ccc(Br)cc3)nc2c2[nH]cnc21. The van der Waals surface area contributed by atoms with Crippen molar-refractivity contribution < 1.29 is 4.74 Å². The Balaban J connectivity index is 1.71. The molecule has 4 aromatic rings. The fourth-order valence-corrected chi connectivity index (χ4v) is 3.03. The Morgan fingerprint density at radius 3 is 2.81 bits per heavy atom. The third-order valence-electron chi connectivity index (χ3n) is 4.08. The van der Waals surface area contributed by atoms with E-state index in [-0.39, 0.29) is 12.3 Å². The van der Waals surface area contributed by atoms with Gasteiger partial charge in [-0.25, -0.2) is 14.8 Å². The van der Waals surface area contributed by atoms with E-state index < -0.39 is 0 Å². The van der Waals surface area contributed by atoms with Crippen LogP contribution in [0.5, 0.6) is 5.75 Å². The normalized spacial score (nSPS) is 11.5. The van der Waals surface area contributed by atoms with Gasteiger partial charge in [-0.3, -0.25) is 4.57 Å². The van der Waals surface area contributed by atoms with Crippen LogP contribution < -0.4 is 10.4 Å². The van der Waals surface area contributed by atoms with Crippen molar-refractivity contribution in [3.05, 3.63) is 51.4 Å². The number of unbranched alkanes of at least 4 members (excludes halogenated alkanes) is 1. The average Bonchev–Trinajstić information content (AvgIpc) is 3.28. The van der Waals surface area contributed by atoms with Crippen LogP contribution in [0.15, 0.2) is 39.9 Å². The number of ether oxygens (including phenoxy) is 1. The third kappa shape index (κ3) is 2.98. The van der Waals surface area contributed by atoms with Crippen LogP contribution in [0, 0.1) is 0 Å². The fraction of sp³-hybridized carbons (Fsp3) is 0.294. The van der Waals surface area contributed by atoms with E-state index in [2.05, 4.69) is 42.9 Å². The second kappa shape index (κ2) is 6.91. The van der Waals surface area contributed by atoms with Gasteiger partial charge in [0.1, 0.15) is 17.9 Å². The van der Waals surface area contributed by atoms with Gasteiger partial charge in [0.05, 0.1) is 6.33 Å². The van der Waals surface area contributed by atoms with Crippen LogP contribution in [-0.4, -0.2) is 29.1 Å². The maximum absolute atomic E-state index is 12.8. The number of H-pyrrole nitrogens is 1. The molecule has 0 atom stereocenters. The topological polar surface area (TPSA) is 90.1 Å². The molecule has 0 saturated carbocycles. The van der Waals surface area contributed by atoms with Gasteiger partial charge in [-0.2, -0.15) is 4.52 Å². The summed E-state index contributed by atoms with van der Waals surface area (Å²) in [6.45, 7) is 2.85. The average molecular weight is 417 g/mol. The highest BCUT2D eigenvalue weighted by molar-refractivity contribution is 9.10. The number of aromatic nitrogens is 6. The largest absolute Gasteiger partial charge is 0.486 e. The van der Waals surface area contributed by atoms with E-state index in [1.807, 2.05) is 24.3 Å². The van der Waals surface area contributed by atoms with Gasteiger partial charge >= 0.3 is 5.69 Å². The molecule has 1 aromatic carbocycles. The molecule has 4 rings (SSSR count). The monoisotopic (exact) mass is 416 g/mol. The van der Waals surface area contributed by atoms with Crippen LogP contribution in [0.25, 0.3) is 16.8 Å². The van der Waals surface area contributed by atoms with Gasteiger partial charge in [-0.15, -0.1) is 5.10 Å². The van der Waals surface area contributed by atoms with Crippen molar-refractivity contribution in [1.29, 1.82) is 0 Å². The molecule has 0 radical (unpaired) electrons. The molecule has 1 N–H and O–H groups in total. The van der Waals surface area contributed by atoms with E-state index in [0.717, 1.165) is 17.3 Å². The Morgan fingerprint density at radius 2 is 2.04 bits per heavy atom. The zero-order chi connectivity index (χ0) is 18.1. The second-order valence-corrected chi connectivity index (χ2v) is 6.81. The van der Waals surface area contributed by atoms with Crippen LogP contribution in [-0.2, 0) is 13.2 Å². The van der Waals surface area contributed by atoms with E-state index in [0.29, 0.717) is 34.9 Å². The van der Waals surface area contributed by atoms with Gasteiger partial charge in [0, 0.05) is 11.0 Å². The molecule has 26 heavy (non-hydrogen) atoms. The molecule has 3 aromatic heterocycles. The quantitative estimate of drug-likeness (QED) is 0.521. The lowest BCUT2D eigenvalue weighted by Gasteiger charge is -2.05. The minimum Gasteiger partial charge on any atom is -0.486 e. The lowest BCUT2D eigenvalue weighted by Crippen LogP contribution is -2.28. The van der Waals surface area contributed by atoms with E-state index in [4.69, 9.17) is 4.74 Å². The molecule has 0 aliphatic heterocycles. The van der Waals surface area contributed by atoms with Crippen molar-refractivity contribution in [1.82, 2.24) is 29.1 Å². The molecular formula is C17H17BrN6O2. The van der Waals surface area contributed by atoms with Gasteiger partial charge in [0.2, 0.25) is 0 Å². The number of hydrogen-bond donors (Lipinski definition) is 1. The molecule has 0 aliphatic carbocycles. The van der Waals surface area contributed by atoms with Crippen molar-refractivity contribution >= 4 is 32.7 Å². The molecular weight excluding hydrogens is 400 g/mol. The van der Waals surface area contributed by atoms with E-state index in [1.54, 1.807) is 10.9 Å². The molecule has 0 amide bonds. The van der Waals surface area contributed by atoms with Crippen LogP contribution in [0.3, 0.4) is 0 Å². The van der Waals surface area contributed by atoms with Gasteiger partial charge in [0.25, 0.3) is 0 Å². The maximum Gasteiger partial charge on any atom is 0.352 e. The molecule has 0 aliphatic rings. The first-order valence-corrected chi connectivity index (χ1v) is 9.16. The highest BCUT2D eigenvalue weighted by Crippen LogP contribution is 2.18. The second-order valence-electron chi connectivity index (χ2n) is 5.89. The summed E-state index contributed by atoms with van der Waals surface area (Å²) in [4.78, 5) is 24.6. The van der Waals surface area contributed by atoms with E-state index in [9.17, 15) is 4.79 Å². The van der Waals surface area contributed by atoms with Gasteiger partial charge in [0.15, 0.2) is 17.1 Å². The Bertz CT molecular complexity index is 1110. The summed E-state index contributed by atoms with van der Waals surface area (Å²) in [7, 11) is 0. The van der Waals surface area contributed by atoms with Crippen molar-refractivity contribution in [2.24, 2.45) is 0 Å². The van der Waals surface area contributed by atoms with E-state index >= 15 is 0 Å². The number of hydrogen-bond acceptors (Lipinski definition) is 5. The smallest absolute Gasteiger partial charge is 0.352 e. The van der Waals surface area contributed by atoms with Crippen LogP contribution in [0.1, 0.15) is 25.6 Å². The Labute approximate surface area is 157 Å². The van der Waals surface area contributed by atoms with E-state index in [1.165, 1.54) is 4.52 Å². The number of aryl methyl sites for hydroxylation is 1. The Morgan fingerprint density at radius 1 is 1.23 bits per heavy atom. The van der Waals surface area contributed by atoms with Gasteiger partial charge in [-0.05, 0) is 30.7 Å². The number of aromatic amines is 1. The predicted octanol–water partition coefficient (Wildman–Crippen LogP) is 2.91. The number of halogens is 1. The lowest BCUT2D eigenvalue weighted by atomic mass is 10.3. The molecule has 134 valence electrons. The number of nitrogens with zero attached hydrogens (tertiary/aromatic N) is 5. The minimum atomic E-state index is -0.240. The predicted molar refractivity (Wildman–Crippen MR) is 100 cm³/mol. The summed E-state index contributed by atoms with van der Waals surface area (Å²) in [5.41, 5.74) is 1.52. The van der Waals surface area contributed by atoms with Crippen LogP contribution in [0.2, 0.25) is 0 Å². The van der Waals surface area contributed by atoms with Crippen molar-refractivity contribution in [2.45, 2.75) is 32.9 Å². The summed E-state index contributed by atoms with van der Waals surface area (Å²) >= 11 is 3.39. The van der Waals surface area contributed by atoms with Crippen LogP contribution in [0.4, 0.5) is 0 Å². The zero-order valence-corrected chi connectivity index (χ0v) is 15.7. The fourth-order valence-electron chi connectivity index (χ4n) is 2.77. The highest BCUT2D eigenvalue weighted by atomic mass is 79.9. The molecule has 0 fully saturated rings. The van der Waals surface area contributed by atoms with Crippen molar-refractivity contribution in [2.75, 3.05) is 0 Å². The molecule has 0 bridgehead atoms. The number of rotatable bonds is 6. The van der Waals surface area contributed by atoms with Crippen LogP contribution >= 0.6 is 15.9 Å².